The lowest BCUT2D eigenvalue weighted by Gasteiger charge is -2.10. The molecule has 1 aromatic rings. The molecule has 2 rings (SSSR count). The van der Waals surface area contributed by atoms with E-state index < -0.39 is 34.8 Å². The molecule has 0 radical (unpaired) electrons. The van der Waals surface area contributed by atoms with Gasteiger partial charge in [-0.25, -0.2) is 0 Å². The number of rotatable bonds is 4. The van der Waals surface area contributed by atoms with E-state index in [4.69, 9.17) is 17.3 Å². The first kappa shape index (κ1) is 15.9. The van der Waals surface area contributed by atoms with E-state index in [0.29, 0.717) is 0 Å². The molecule has 1 aliphatic heterocycles. The highest BCUT2D eigenvalue weighted by Gasteiger charge is 2.33. The van der Waals surface area contributed by atoms with Crippen molar-refractivity contribution in [1.82, 2.24) is 4.90 Å². The smallest absolute Gasteiger partial charge is 0.323 e. The first-order chi connectivity index (χ1) is 10.3. The Labute approximate surface area is 133 Å². The van der Waals surface area contributed by atoms with Crippen molar-refractivity contribution in [3.05, 3.63) is 38.8 Å². The lowest BCUT2D eigenvalue weighted by molar-refractivity contribution is -0.385. The summed E-state index contributed by atoms with van der Waals surface area (Å²) in [5.41, 5.74) is -0.417. The molecule has 0 aliphatic carbocycles. The van der Waals surface area contributed by atoms with E-state index in [-0.39, 0.29) is 14.8 Å². The molecular formula is C12H8N2O6S2. The number of nitro groups is 1. The van der Waals surface area contributed by atoms with Crippen molar-refractivity contribution in [3.63, 3.8) is 0 Å². The number of phenolic OH excluding ortho intramolecular Hbond substituents is 1. The van der Waals surface area contributed by atoms with E-state index in [9.17, 15) is 24.8 Å². The number of aliphatic carboxylic acids is 1. The van der Waals surface area contributed by atoms with Crippen LogP contribution in [-0.2, 0) is 9.59 Å². The van der Waals surface area contributed by atoms with E-state index in [1.807, 2.05) is 0 Å². The Morgan fingerprint density at radius 2 is 2.18 bits per heavy atom. The largest absolute Gasteiger partial charge is 0.502 e. The maximum atomic E-state index is 12.1. The molecule has 1 aliphatic rings. The Morgan fingerprint density at radius 3 is 2.77 bits per heavy atom. The molecule has 8 nitrogen and oxygen atoms in total. The monoisotopic (exact) mass is 340 g/mol. The molecule has 0 aromatic heterocycles. The fourth-order valence-corrected chi connectivity index (χ4v) is 2.97. The number of thiocarbonyl (C=S) groups is 1. The average molecular weight is 340 g/mol. The molecule has 0 atom stereocenters. The van der Waals surface area contributed by atoms with Crippen molar-refractivity contribution in [2.24, 2.45) is 0 Å². The van der Waals surface area contributed by atoms with E-state index in [0.717, 1.165) is 22.7 Å². The molecule has 1 fully saturated rings. The van der Waals surface area contributed by atoms with Gasteiger partial charge >= 0.3 is 11.7 Å². The third-order valence-corrected chi connectivity index (χ3v) is 4.07. The standard InChI is InChI=1S/C12H8N2O6S2/c15-9(16)5-13-11(18)8(22-12(13)21)4-6-2-1-3-7(10(6)17)14(19)20/h1-4,17H,5H2,(H,15,16)/b8-4-. The molecule has 1 heterocycles. The summed E-state index contributed by atoms with van der Waals surface area (Å²) >= 11 is 5.79. The van der Waals surface area contributed by atoms with Crippen LogP contribution in [0.1, 0.15) is 5.56 Å². The number of para-hydroxylation sites is 1. The number of nitrogens with zero attached hydrogens (tertiary/aromatic N) is 2. The second kappa shape index (κ2) is 6.12. The second-order valence-electron chi connectivity index (χ2n) is 4.13. The van der Waals surface area contributed by atoms with Crippen LogP contribution in [0.15, 0.2) is 23.1 Å². The second-order valence-corrected chi connectivity index (χ2v) is 5.81. The van der Waals surface area contributed by atoms with Gasteiger partial charge in [-0.05, 0) is 6.08 Å². The van der Waals surface area contributed by atoms with Gasteiger partial charge in [0.05, 0.1) is 9.83 Å². The van der Waals surface area contributed by atoms with Crippen LogP contribution in [0.4, 0.5) is 5.69 Å². The molecule has 10 heteroatoms. The predicted molar refractivity (Wildman–Crippen MR) is 82.3 cm³/mol. The number of carbonyl (C=O) groups is 2. The van der Waals surface area contributed by atoms with Crippen LogP contribution in [0.25, 0.3) is 6.08 Å². The summed E-state index contributed by atoms with van der Waals surface area (Å²) in [6, 6.07) is 3.88. The summed E-state index contributed by atoms with van der Waals surface area (Å²) in [4.78, 5) is 33.7. The van der Waals surface area contributed by atoms with Crippen LogP contribution in [0, 0.1) is 10.1 Å². The Bertz CT molecular complexity index is 730. The zero-order valence-corrected chi connectivity index (χ0v) is 12.4. The highest BCUT2D eigenvalue weighted by atomic mass is 32.2. The number of hydrogen-bond acceptors (Lipinski definition) is 7. The SMILES string of the molecule is O=C(O)CN1C(=O)/C(=C/c2cccc([N+](=O)[O-])c2O)SC1=S. The third kappa shape index (κ3) is 3.07. The number of hydrogen-bond donors (Lipinski definition) is 2. The molecule has 0 bridgehead atoms. The lowest BCUT2D eigenvalue weighted by atomic mass is 10.1. The number of nitro benzene ring substituents is 1. The zero-order valence-electron chi connectivity index (χ0n) is 10.8. The normalized spacial score (nSPS) is 16.4. The van der Waals surface area contributed by atoms with Gasteiger partial charge in [-0.1, -0.05) is 36.1 Å². The Morgan fingerprint density at radius 1 is 1.50 bits per heavy atom. The number of amides is 1. The molecule has 0 spiro atoms. The summed E-state index contributed by atoms with van der Waals surface area (Å²) in [6.07, 6.45) is 1.24. The molecule has 0 unspecified atom stereocenters. The molecule has 1 aromatic carbocycles. The predicted octanol–water partition coefficient (Wildman–Crippen LogP) is 1.59. The number of carbonyl (C=O) groups excluding carboxylic acids is 1. The van der Waals surface area contributed by atoms with Crippen molar-refractivity contribution in [3.8, 4) is 5.75 Å². The van der Waals surface area contributed by atoms with Crippen LogP contribution in [-0.4, -0.2) is 42.8 Å². The van der Waals surface area contributed by atoms with Gasteiger partial charge < -0.3 is 10.2 Å². The molecule has 1 amide bonds. The van der Waals surface area contributed by atoms with Gasteiger partial charge in [-0.15, -0.1) is 0 Å². The molecular weight excluding hydrogens is 332 g/mol. The minimum absolute atomic E-state index is 0.0728. The van der Waals surface area contributed by atoms with Crippen molar-refractivity contribution in [2.75, 3.05) is 6.54 Å². The number of phenols is 1. The highest BCUT2D eigenvalue weighted by molar-refractivity contribution is 8.26. The van der Waals surface area contributed by atoms with Crippen molar-refractivity contribution >= 4 is 51.9 Å². The van der Waals surface area contributed by atoms with Gasteiger partial charge in [0.15, 0.2) is 0 Å². The number of aromatic hydroxyl groups is 1. The Kier molecular flexibility index (Phi) is 4.43. The zero-order chi connectivity index (χ0) is 16.4. The van der Waals surface area contributed by atoms with Crippen molar-refractivity contribution in [1.29, 1.82) is 0 Å². The van der Waals surface area contributed by atoms with Crippen LogP contribution < -0.4 is 0 Å². The van der Waals surface area contributed by atoms with E-state index in [2.05, 4.69) is 0 Å². The quantitative estimate of drug-likeness (QED) is 0.367. The van der Waals surface area contributed by atoms with Gasteiger partial charge in [0, 0.05) is 11.6 Å². The number of thioether (sulfide) groups is 1. The Balaban J connectivity index is 2.37. The van der Waals surface area contributed by atoms with Crippen molar-refractivity contribution < 1.29 is 24.7 Å². The number of carboxylic acids is 1. The molecule has 22 heavy (non-hydrogen) atoms. The summed E-state index contributed by atoms with van der Waals surface area (Å²) in [5, 5.41) is 29.3. The number of carboxylic acid groups (broad SMARTS) is 1. The topological polar surface area (TPSA) is 121 Å². The van der Waals surface area contributed by atoms with Gasteiger partial charge in [0.2, 0.25) is 5.75 Å². The van der Waals surface area contributed by atoms with Crippen LogP contribution in [0.5, 0.6) is 5.75 Å². The fraction of sp³-hybridized carbons (Fsp3) is 0.0833. The van der Waals surface area contributed by atoms with Crippen LogP contribution in [0.3, 0.4) is 0 Å². The summed E-state index contributed by atoms with van der Waals surface area (Å²) in [6.45, 7) is -0.567. The van der Waals surface area contributed by atoms with Crippen LogP contribution >= 0.6 is 24.0 Å². The highest BCUT2D eigenvalue weighted by Crippen LogP contribution is 2.36. The van der Waals surface area contributed by atoms with Gasteiger partial charge in [0.1, 0.15) is 10.9 Å². The first-order valence-electron chi connectivity index (χ1n) is 5.74. The molecule has 114 valence electrons. The average Bonchev–Trinajstić information content (AvgIpc) is 2.68. The minimum Gasteiger partial charge on any atom is -0.502 e. The molecule has 1 saturated heterocycles. The first-order valence-corrected chi connectivity index (χ1v) is 6.97. The van der Waals surface area contributed by atoms with Gasteiger partial charge in [0.25, 0.3) is 5.91 Å². The third-order valence-electron chi connectivity index (χ3n) is 2.70. The maximum absolute atomic E-state index is 12.1. The minimum atomic E-state index is -1.21. The Hall–Kier alpha value is -2.46. The molecule has 2 N–H and O–H groups in total. The van der Waals surface area contributed by atoms with Crippen LogP contribution in [0.2, 0.25) is 0 Å². The van der Waals surface area contributed by atoms with Gasteiger partial charge in [-0.2, -0.15) is 0 Å². The molecule has 0 saturated carbocycles. The maximum Gasteiger partial charge on any atom is 0.323 e. The van der Waals surface area contributed by atoms with E-state index >= 15 is 0 Å². The van der Waals surface area contributed by atoms with Gasteiger partial charge in [-0.3, -0.25) is 24.6 Å². The fourth-order valence-electron chi connectivity index (χ4n) is 1.73. The van der Waals surface area contributed by atoms with Crippen molar-refractivity contribution in [2.45, 2.75) is 0 Å². The summed E-state index contributed by atoms with van der Waals surface area (Å²) in [5.74, 6) is -2.41. The summed E-state index contributed by atoms with van der Waals surface area (Å²) < 4.78 is 0.0728. The summed E-state index contributed by atoms with van der Waals surface area (Å²) in [7, 11) is 0. The lowest BCUT2D eigenvalue weighted by Crippen LogP contribution is -2.33. The van der Waals surface area contributed by atoms with E-state index in [1.54, 1.807) is 0 Å². The number of benzene rings is 1. The van der Waals surface area contributed by atoms with E-state index in [1.165, 1.54) is 18.2 Å².